The fourth-order valence-electron chi connectivity index (χ4n) is 2.76. The summed E-state index contributed by atoms with van der Waals surface area (Å²) in [6, 6.07) is 0. The van der Waals surface area contributed by atoms with Gasteiger partial charge in [0.1, 0.15) is 5.82 Å². The van der Waals surface area contributed by atoms with Crippen molar-refractivity contribution in [2.24, 2.45) is 13.0 Å². The highest BCUT2D eigenvalue weighted by Crippen LogP contribution is 2.51. The van der Waals surface area contributed by atoms with Crippen molar-refractivity contribution in [3.05, 3.63) is 5.82 Å². The van der Waals surface area contributed by atoms with Crippen molar-refractivity contribution >= 4 is 11.8 Å². The molecule has 0 radical (unpaired) electrons. The van der Waals surface area contributed by atoms with Gasteiger partial charge >= 0.3 is 0 Å². The standard InChI is InChI=1S/C13H20F2N4S/c1-19-11(9-2-5-16-6-3-9)17-18-12(19)20-7-4-10-8-13(10,14)15/h9-10,16H,2-8H2,1H3. The van der Waals surface area contributed by atoms with Crippen LogP contribution in [0.5, 0.6) is 0 Å². The normalized spacial score (nSPS) is 25.9. The Labute approximate surface area is 121 Å². The Balaban J connectivity index is 1.53. The van der Waals surface area contributed by atoms with E-state index in [-0.39, 0.29) is 6.42 Å². The molecule has 20 heavy (non-hydrogen) atoms. The molecule has 1 aromatic heterocycles. The maximum absolute atomic E-state index is 12.8. The molecule has 7 heteroatoms. The average Bonchev–Trinajstić information content (AvgIpc) is 2.88. The molecule has 1 aliphatic carbocycles. The molecular formula is C13H20F2N4S. The van der Waals surface area contributed by atoms with Gasteiger partial charge in [-0.3, -0.25) is 0 Å². The maximum Gasteiger partial charge on any atom is 0.251 e. The van der Waals surface area contributed by atoms with E-state index in [1.807, 2.05) is 11.6 Å². The van der Waals surface area contributed by atoms with E-state index in [9.17, 15) is 8.78 Å². The lowest BCUT2D eigenvalue weighted by atomic mass is 9.97. The largest absolute Gasteiger partial charge is 0.317 e. The molecule has 1 aliphatic heterocycles. The van der Waals surface area contributed by atoms with E-state index in [0.29, 0.717) is 18.1 Å². The predicted molar refractivity (Wildman–Crippen MR) is 74.2 cm³/mol. The van der Waals surface area contributed by atoms with Crippen LogP contribution in [0.2, 0.25) is 0 Å². The maximum atomic E-state index is 12.8. The first-order chi connectivity index (χ1) is 9.58. The summed E-state index contributed by atoms with van der Waals surface area (Å²) < 4.78 is 27.6. The Kier molecular flexibility index (Phi) is 3.99. The lowest BCUT2D eigenvalue weighted by Crippen LogP contribution is -2.27. The molecule has 2 heterocycles. The van der Waals surface area contributed by atoms with Gasteiger partial charge in [-0.1, -0.05) is 11.8 Å². The van der Waals surface area contributed by atoms with E-state index in [1.165, 1.54) is 0 Å². The fourth-order valence-corrected chi connectivity index (χ4v) is 3.73. The molecule has 0 amide bonds. The zero-order chi connectivity index (χ0) is 14.2. The van der Waals surface area contributed by atoms with E-state index in [1.54, 1.807) is 11.8 Å². The molecule has 3 rings (SSSR count). The Morgan fingerprint density at radius 3 is 2.70 bits per heavy atom. The van der Waals surface area contributed by atoms with Gasteiger partial charge in [-0.25, -0.2) is 8.78 Å². The predicted octanol–water partition coefficient (Wildman–Crippen LogP) is 2.42. The first-order valence-electron chi connectivity index (χ1n) is 7.18. The molecule has 2 aliphatic rings. The van der Waals surface area contributed by atoms with Crippen LogP contribution in [-0.4, -0.2) is 39.5 Å². The molecule has 1 saturated carbocycles. The van der Waals surface area contributed by atoms with Crippen molar-refractivity contribution in [1.82, 2.24) is 20.1 Å². The smallest absolute Gasteiger partial charge is 0.251 e. The van der Waals surface area contributed by atoms with Crippen molar-refractivity contribution in [1.29, 1.82) is 0 Å². The number of alkyl halides is 2. The zero-order valence-electron chi connectivity index (χ0n) is 11.6. The second-order valence-corrected chi connectivity index (χ2v) is 6.79. The minimum atomic E-state index is -2.40. The van der Waals surface area contributed by atoms with Crippen LogP contribution in [0.25, 0.3) is 0 Å². The van der Waals surface area contributed by atoms with Crippen LogP contribution in [-0.2, 0) is 7.05 Å². The highest BCUT2D eigenvalue weighted by atomic mass is 32.2. The molecule has 1 aromatic rings. The highest BCUT2D eigenvalue weighted by molar-refractivity contribution is 7.99. The summed E-state index contributed by atoms with van der Waals surface area (Å²) in [5.41, 5.74) is 0. The van der Waals surface area contributed by atoms with E-state index in [2.05, 4.69) is 15.5 Å². The number of hydrogen-bond donors (Lipinski definition) is 1. The summed E-state index contributed by atoms with van der Waals surface area (Å²) in [6.45, 7) is 2.05. The number of thioether (sulfide) groups is 1. The van der Waals surface area contributed by atoms with E-state index in [0.717, 1.165) is 36.9 Å². The summed E-state index contributed by atoms with van der Waals surface area (Å²) in [5.74, 6) is -0.618. The molecule has 1 atom stereocenters. The van der Waals surface area contributed by atoms with Gasteiger partial charge in [0.25, 0.3) is 5.92 Å². The fraction of sp³-hybridized carbons (Fsp3) is 0.846. The van der Waals surface area contributed by atoms with Gasteiger partial charge in [-0.05, 0) is 32.4 Å². The third-order valence-electron chi connectivity index (χ3n) is 4.23. The number of nitrogens with zero attached hydrogens (tertiary/aromatic N) is 3. The Hall–Kier alpha value is -0.690. The molecule has 1 saturated heterocycles. The molecule has 112 valence electrons. The third-order valence-corrected chi connectivity index (χ3v) is 5.28. The number of halogens is 2. The average molecular weight is 302 g/mol. The van der Waals surface area contributed by atoms with E-state index < -0.39 is 11.8 Å². The number of rotatable bonds is 5. The van der Waals surface area contributed by atoms with Gasteiger partial charge < -0.3 is 9.88 Å². The summed E-state index contributed by atoms with van der Waals surface area (Å²) in [5, 5.41) is 12.7. The lowest BCUT2D eigenvalue weighted by molar-refractivity contribution is 0.0983. The van der Waals surface area contributed by atoms with Gasteiger partial charge in [-0.2, -0.15) is 0 Å². The molecule has 0 bridgehead atoms. The van der Waals surface area contributed by atoms with Crippen LogP contribution < -0.4 is 5.32 Å². The van der Waals surface area contributed by atoms with Gasteiger partial charge in [0.05, 0.1) is 0 Å². The molecule has 1 N–H and O–H groups in total. The zero-order valence-corrected chi connectivity index (χ0v) is 12.4. The molecular weight excluding hydrogens is 282 g/mol. The summed E-state index contributed by atoms with van der Waals surface area (Å²) in [7, 11) is 1.98. The van der Waals surface area contributed by atoms with Crippen LogP contribution in [0.3, 0.4) is 0 Å². The minimum absolute atomic E-state index is 0.0622. The summed E-state index contributed by atoms with van der Waals surface area (Å²) in [4.78, 5) is 0. The topological polar surface area (TPSA) is 42.7 Å². The molecule has 4 nitrogen and oxygen atoms in total. The number of aromatic nitrogens is 3. The lowest BCUT2D eigenvalue weighted by Gasteiger charge is -2.21. The summed E-state index contributed by atoms with van der Waals surface area (Å²) in [6.07, 6.45) is 2.80. The quantitative estimate of drug-likeness (QED) is 0.848. The first kappa shape index (κ1) is 14.3. The van der Waals surface area contributed by atoms with Crippen LogP contribution in [0.15, 0.2) is 5.16 Å². The van der Waals surface area contributed by atoms with Crippen molar-refractivity contribution in [3.63, 3.8) is 0 Å². The second kappa shape index (κ2) is 5.60. The Bertz CT molecular complexity index is 471. The first-order valence-corrected chi connectivity index (χ1v) is 8.17. The second-order valence-electron chi connectivity index (χ2n) is 5.72. The monoisotopic (exact) mass is 302 g/mol. The van der Waals surface area contributed by atoms with Crippen LogP contribution >= 0.6 is 11.8 Å². The van der Waals surface area contributed by atoms with Crippen LogP contribution in [0.4, 0.5) is 8.78 Å². The van der Waals surface area contributed by atoms with Crippen molar-refractivity contribution in [2.45, 2.75) is 42.7 Å². The van der Waals surface area contributed by atoms with E-state index in [4.69, 9.17) is 0 Å². The summed E-state index contributed by atoms with van der Waals surface area (Å²) >= 11 is 1.54. The SMILES string of the molecule is Cn1c(SCCC2CC2(F)F)nnc1C1CCNCC1. The van der Waals surface area contributed by atoms with Crippen LogP contribution in [0, 0.1) is 5.92 Å². The van der Waals surface area contributed by atoms with Gasteiger partial charge in [0, 0.05) is 31.1 Å². The third kappa shape index (κ3) is 2.98. The number of nitrogens with one attached hydrogen (secondary N) is 1. The highest BCUT2D eigenvalue weighted by Gasteiger charge is 2.55. The van der Waals surface area contributed by atoms with Gasteiger partial charge in [-0.15, -0.1) is 10.2 Å². The van der Waals surface area contributed by atoms with Gasteiger partial charge in [0.2, 0.25) is 0 Å². The number of hydrogen-bond acceptors (Lipinski definition) is 4. The van der Waals surface area contributed by atoms with Crippen LogP contribution in [0.1, 0.15) is 37.4 Å². The molecule has 2 fully saturated rings. The van der Waals surface area contributed by atoms with Crippen molar-refractivity contribution in [3.8, 4) is 0 Å². The minimum Gasteiger partial charge on any atom is -0.317 e. The molecule has 1 unspecified atom stereocenters. The number of piperidine rings is 1. The Morgan fingerprint density at radius 2 is 2.05 bits per heavy atom. The molecule has 0 aromatic carbocycles. The van der Waals surface area contributed by atoms with Crippen molar-refractivity contribution < 1.29 is 8.78 Å². The van der Waals surface area contributed by atoms with Crippen molar-refractivity contribution in [2.75, 3.05) is 18.8 Å². The Morgan fingerprint density at radius 1 is 1.35 bits per heavy atom. The van der Waals surface area contributed by atoms with E-state index >= 15 is 0 Å². The molecule has 0 spiro atoms. The van der Waals surface area contributed by atoms with Gasteiger partial charge in [0.15, 0.2) is 5.16 Å².